The Morgan fingerprint density at radius 3 is 2.62 bits per heavy atom. The van der Waals surface area contributed by atoms with E-state index >= 15 is 0 Å². The van der Waals surface area contributed by atoms with Crippen molar-refractivity contribution in [1.29, 1.82) is 0 Å². The highest BCUT2D eigenvalue weighted by atomic mass is 16.4. The first-order valence-electron chi connectivity index (χ1n) is 3.76. The highest BCUT2D eigenvalue weighted by molar-refractivity contribution is 6.33. The predicted molar refractivity (Wildman–Crippen MR) is 44.3 cm³/mol. The standard InChI is InChI=1S/C8H10N2O3/c1-5-6(4-9-10(5)2)3-7(11)8(12)13/h4H,3H2,1-2H3,(H,12,13). The van der Waals surface area contributed by atoms with Crippen LogP contribution in [0.5, 0.6) is 0 Å². The Hall–Kier alpha value is -1.65. The molecule has 0 aliphatic carbocycles. The van der Waals surface area contributed by atoms with Gasteiger partial charge in [0.1, 0.15) is 0 Å². The van der Waals surface area contributed by atoms with Crippen LogP contribution >= 0.6 is 0 Å². The highest BCUT2D eigenvalue weighted by Gasteiger charge is 2.14. The Morgan fingerprint density at radius 2 is 2.23 bits per heavy atom. The van der Waals surface area contributed by atoms with Crippen LogP contribution in [0.1, 0.15) is 11.3 Å². The summed E-state index contributed by atoms with van der Waals surface area (Å²) in [4.78, 5) is 21.1. The molecule has 0 spiro atoms. The fraction of sp³-hybridized carbons (Fsp3) is 0.375. The largest absolute Gasteiger partial charge is 0.475 e. The number of carboxylic acids is 1. The number of carboxylic acid groups (broad SMARTS) is 1. The number of carbonyl (C=O) groups excluding carboxylic acids is 1. The van der Waals surface area contributed by atoms with E-state index in [1.54, 1.807) is 18.7 Å². The Balaban J connectivity index is 2.81. The molecule has 1 aromatic heterocycles. The van der Waals surface area contributed by atoms with Gasteiger partial charge >= 0.3 is 5.97 Å². The van der Waals surface area contributed by atoms with Crippen molar-refractivity contribution in [2.75, 3.05) is 0 Å². The van der Waals surface area contributed by atoms with Crippen molar-refractivity contribution in [1.82, 2.24) is 9.78 Å². The van der Waals surface area contributed by atoms with Crippen LogP contribution < -0.4 is 0 Å². The molecule has 1 N–H and O–H groups in total. The normalized spacial score (nSPS) is 10.0. The van der Waals surface area contributed by atoms with E-state index in [0.29, 0.717) is 5.56 Å². The Kier molecular flexibility index (Phi) is 2.46. The van der Waals surface area contributed by atoms with E-state index in [1.807, 2.05) is 0 Å². The van der Waals surface area contributed by atoms with Crippen LogP contribution in [0.2, 0.25) is 0 Å². The molecule has 0 fully saturated rings. The summed E-state index contributed by atoms with van der Waals surface area (Å²) in [5.74, 6) is -2.21. The van der Waals surface area contributed by atoms with Crippen molar-refractivity contribution in [2.45, 2.75) is 13.3 Å². The zero-order valence-corrected chi connectivity index (χ0v) is 7.44. The molecule has 1 heterocycles. The van der Waals surface area contributed by atoms with Gasteiger partial charge in [-0.2, -0.15) is 5.10 Å². The quantitative estimate of drug-likeness (QED) is 0.664. The van der Waals surface area contributed by atoms with Crippen LogP contribution in [0.4, 0.5) is 0 Å². The Morgan fingerprint density at radius 1 is 1.62 bits per heavy atom. The summed E-state index contributed by atoms with van der Waals surface area (Å²) in [6, 6.07) is 0. The van der Waals surface area contributed by atoms with Gasteiger partial charge in [-0.3, -0.25) is 9.48 Å². The van der Waals surface area contributed by atoms with E-state index in [2.05, 4.69) is 5.10 Å². The Labute approximate surface area is 75.0 Å². The molecule has 13 heavy (non-hydrogen) atoms. The summed E-state index contributed by atoms with van der Waals surface area (Å²) < 4.78 is 1.60. The molecular weight excluding hydrogens is 172 g/mol. The first kappa shape index (κ1) is 9.44. The number of nitrogens with zero attached hydrogens (tertiary/aromatic N) is 2. The van der Waals surface area contributed by atoms with Gasteiger partial charge in [0.05, 0.1) is 6.20 Å². The minimum Gasteiger partial charge on any atom is -0.475 e. The third kappa shape index (κ3) is 1.93. The average Bonchev–Trinajstić information content (AvgIpc) is 2.36. The number of aryl methyl sites for hydroxylation is 1. The molecule has 70 valence electrons. The minimum atomic E-state index is -1.40. The molecule has 0 saturated carbocycles. The van der Waals surface area contributed by atoms with Gasteiger partial charge in [0.2, 0.25) is 5.78 Å². The molecular formula is C8H10N2O3. The van der Waals surface area contributed by atoms with Crippen molar-refractivity contribution in [3.8, 4) is 0 Å². The zero-order valence-electron chi connectivity index (χ0n) is 7.44. The molecule has 5 nitrogen and oxygen atoms in total. The molecule has 1 aromatic rings. The number of rotatable bonds is 3. The number of hydrogen-bond donors (Lipinski definition) is 1. The van der Waals surface area contributed by atoms with Gasteiger partial charge in [0.15, 0.2) is 0 Å². The van der Waals surface area contributed by atoms with Crippen molar-refractivity contribution in [3.05, 3.63) is 17.5 Å². The van der Waals surface area contributed by atoms with E-state index in [4.69, 9.17) is 5.11 Å². The lowest BCUT2D eigenvalue weighted by atomic mass is 10.1. The van der Waals surface area contributed by atoms with E-state index < -0.39 is 11.8 Å². The summed E-state index contributed by atoms with van der Waals surface area (Å²) in [5.41, 5.74) is 1.48. The number of Topliss-reactive ketones (excluding diaryl/α,β-unsaturated/α-hetero) is 1. The highest BCUT2D eigenvalue weighted by Crippen LogP contribution is 2.06. The van der Waals surface area contributed by atoms with Crippen molar-refractivity contribution in [2.24, 2.45) is 7.05 Å². The number of ketones is 1. The lowest BCUT2D eigenvalue weighted by molar-refractivity contribution is -0.148. The van der Waals surface area contributed by atoms with Crippen LogP contribution in [-0.2, 0) is 23.1 Å². The second kappa shape index (κ2) is 3.38. The minimum absolute atomic E-state index is 0.0883. The molecule has 0 aliphatic heterocycles. The molecule has 0 saturated heterocycles. The van der Waals surface area contributed by atoms with E-state index in [9.17, 15) is 9.59 Å². The number of hydrogen-bond acceptors (Lipinski definition) is 3. The Bertz CT molecular complexity index is 354. The van der Waals surface area contributed by atoms with E-state index in [1.165, 1.54) is 6.20 Å². The molecule has 0 amide bonds. The van der Waals surface area contributed by atoms with Crippen LogP contribution in [0.3, 0.4) is 0 Å². The topological polar surface area (TPSA) is 72.2 Å². The van der Waals surface area contributed by atoms with Gasteiger partial charge in [-0.05, 0) is 6.92 Å². The molecule has 0 atom stereocenters. The van der Waals surface area contributed by atoms with Crippen LogP contribution in [-0.4, -0.2) is 26.6 Å². The second-order valence-corrected chi connectivity index (χ2v) is 2.78. The third-order valence-electron chi connectivity index (χ3n) is 1.93. The molecule has 0 radical (unpaired) electrons. The van der Waals surface area contributed by atoms with Gasteiger partial charge in [0.25, 0.3) is 0 Å². The van der Waals surface area contributed by atoms with E-state index in [0.717, 1.165) is 5.69 Å². The maximum absolute atomic E-state index is 10.8. The lowest BCUT2D eigenvalue weighted by Gasteiger charge is -1.96. The fourth-order valence-corrected chi connectivity index (χ4v) is 0.966. The third-order valence-corrected chi connectivity index (χ3v) is 1.93. The molecule has 0 unspecified atom stereocenters. The lowest BCUT2D eigenvalue weighted by Crippen LogP contribution is -2.15. The summed E-state index contributed by atoms with van der Waals surface area (Å²) >= 11 is 0. The summed E-state index contributed by atoms with van der Waals surface area (Å²) in [7, 11) is 1.74. The number of carbonyl (C=O) groups is 2. The molecule has 0 bridgehead atoms. The summed E-state index contributed by atoms with van der Waals surface area (Å²) in [5, 5.41) is 12.3. The van der Waals surface area contributed by atoms with Gasteiger partial charge < -0.3 is 5.11 Å². The fourth-order valence-electron chi connectivity index (χ4n) is 0.966. The first-order valence-corrected chi connectivity index (χ1v) is 3.76. The molecule has 5 heteroatoms. The van der Waals surface area contributed by atoms with Crippen molar-refractivity contribution in [3.63, 3.8) is 0 Å². The van der Waals surface area contributed by atoms with Gasteiger partial charge in [-0.1, -0.05) is 0 Å². The van der Waals surface area contributed by atoms with E-state index in [-0.39, 0.29) is 6.42 Å². The maximum Gasteiger partial charge on any atom is 0.372 e. The van der Waals surface area contributed by atoms with Crippen molar-refractivity contribution < 1.29 is 14.7 Å². The molecule has 0 aliphatic rings. The zero-order chi connectivity index (χ0) is 10.0. The number of aromatic nitrogens is 2. The molecule has 0 aromatic carbocycles. The van der Waals surface area contributed by atoms with Crippen LogP contribution in [0.15, 0.2) is 6.20 Å². The monoisotopic (exact) mass is 182 g/mol. The summed E-state index contributed by atoms with van der Waals surface area (Å²) in [6.07, 6.45) is 1.42. The average molecular weight is 182 g/mol. The van der Waals surface area contributed by atoms with Gasteiger partial charge in [-0.15, -0.1) is 0 Å². The van der Waals surface area contributed by atoms with Gasteiger partial charge in [-0.25, -0.2) is 4.79 Å². The van der Waals surface area contributed by atoms with Crippen LogP contribution in [0.25, 0.3) is 0 Å². The summed E-state index contributed by atoms with van der Waals surface area (Å²) in [6.45, 7) is 1.79. The van der Waals surface area contributed by atoms with Gasteiger partial charge in [0, 0.05) is 24.7 Å². The smallest absolute Gasteiger partial charge is 0.372 e. The van der Waals surface area contributed by atoms with Crippen molar-refractivity contribution >= 4 is 11.8 Å². The van der Waals surface area contributed by atoms with Crippen LogP contribution in [0, 0.1) is 6.92 Å². The SMILES string of the molecule is Cc1c(CC(=O)C(=O)O)cnn1C. The maximum atomic E-state index is 10.8. The first-order chi connectivity index (χ1) is 6.02. The number of aliphatic carboxylic acids is 1. The predicted octanol–water partition coefficient (Wildman–Crippen LogP) is -0.0753. The molecule has 1 rings (SSSR count). The second-order valence-electron chi connectivity index (χ2n) is 2.78.